The van der Waals surface area contributed by atoms with Crippen molar-refractivity contribution in [1.29, 1.82) is 0 Å². The quantitative estimate of drug-likeness (QED) is 0.885. The van der Waals surface area contributed by atoms with Crippen LogP contribution in [0, 0.1) is 0 Å². The van der Waals surface area contributed by atoms with E-state index in [1.165, 1.54) is 17.7 Å². The van der Waals surface area contributed by atoms with E-state index in [0.717, 1.165) is 0 Å². The molecule has 0 fully saturated rings. The van der Waals surface area contributed by atoms with Crippen LogP contribution in [0.15, 0.2) is 35.5 Å². The minimum Gasteiger partial charge on any atom is -0.351 e. The van der Waals surface area contributed by atoms with Gasteiger partial charge in [-0.1, -0.05) is 12.1 Å². The second-order valence-electron chi connectivity index (χ2n) is 5.00. The first kappa shape index (κ1) is 14.7. The lowest BCUT2D eigenvalue weighted by Crippen LogP contribution is -2.28. The van der Waals surface area contributed by atoms with E-state index < -0.39 is 10.0 Å². The normalized spacial score (nSPS) is 16.5. The van der Waals surface area contributed by atoms with Crippen LogP contribution in [0.2, 0.25) is 0 Å². The van der Waals surface area contributed by atoms with Gasteiger partial charge in [-0.05, 0) is 19.1 Å². The topological polar surface area (TPSA) is 84.3 Å². The molecule has 1 aliphatic rings. The Balaban J connectivity index is 2.25. The Kier molecular flexibility index (Phi) is 3.50. The van der Waals surface area contributed by atoms with Gasteiger partial charge in [0.25, 0.3) is 5.91 Å². The number of nitrogens with one attached hydrogen (secondary N) is 1. The number of amides is 1. The van der Waals surface area contributed by atoms with Gasteiger partial charge in [0.05, 0.1) is 17.9 Å². The van der Waals surface area contributed by atoms with Crippen molar-refractivity contribution in [1.82, 2.24) is 19.2 Å². The molecule has 7 nitrogen and oxygen atoms in total. The lowest BCUT2D eigenvalue weighted by Gasteiger charge is -2.14. The molecule has 0 radical (unpaired) electrons. The van der Waals surface area contributed by atoms with E-state index in [2.05, 4.69) is 10.3 Å². The molecule has 2 heterocycles. The van der Waals surface area contributed by atoms with E-state index in [4.69, 9.17) is 0 Å². The molecule has 1 aromatic carbocycles. The van der Waals surface area contributed by atoms with Gasteiger partial charge in [0.1, 0.15) is 11.2 Å². The molecule has 8 heteroatoms. The molecule has 0 aliphatic carbocycles. The number of imidazole rings is 1. The van der Waals surface area contributed by atoms with Crippen molar-refractivity contribution in [2.45, 2.75) is 18.4 Å². The fourth-order valence-electron chi connectivity index (χ4n) is 2.50. The third-order valence-corrected chi connectivity index (χ3v) is 5.46. The molecule has 3 rings (SSSR count). The fraction of sp³-hybridized carbons (Fsp3) is 0.286. The minimum atomic E-state index is -3.60. The number of hydrogen-bond acceptors (Lipinski definition) is 4. The highest BCUT2D eigenvalue weighted by Crippen LogP contribution is 2.30. The van der Waals surface area contributed by atoms with E-state index in [1.807, 2.05) is 6.92 Å². The van der Waals surface area contributed by atoms with Gasteiger partial charge in [-0.2, -0.15) is 4.31 Å². The Labute approximate surface area is 128 Å². The number of hydrogen-bond donors (Lipinski definition) is 1. The van der Waals surface area contributed by atoms with Crippen LogP contribution in [0.3, 0.4) is 0 Å². The number of fused-ring (bicyclic) bond motifs is 3. The van der Waals surface area contributed by atoms with Crippen molar-refractivity contribution in [3.63, 3.8) is 0 Å². The lowest BCUT2D eigenvalue weighted by molar-refractivity contribution is 0.0949. The first-order valence-corrected chi connectivity index (χ1v) is 8.31. The second-order valence-corrected chi connectivity index (χ2v) is 7.01. The number of para-hydroxylation sites is 1. The standard InChI is InChI=1S/C14H16N4O3S/c1-3-15-14(19)13-11-8-17(2)22(20,21)12-7-5-4-6-10(12)18(11)9-16-13/h4-7,9H,3,8H2,1-2H3,(H,15,19). The predicted octanol–water partition coefficient (Wildman–Crippen LogP) is 0.756. The maximum absolute atomic E-state index is 12.6. The zero-order chi connectivity index (χ0) is 15.9. The van der Waals surface area contributed by atoms with E-state index in [9.17, 15) is 13.2 Å². The molecule has 1 N–H and O–H groups in total. The van der Waals surface area contributed by atoms with Gasteiger partial charge < -0.3 is 5.32 Å². The zero-order valence-corrected chi connectivity index (χ0v) is 13.1. The Morgan fingerprint density at radius 3 is 2.82 bits per heavy atom. The van der Waals surface area contributed by atoms with E-state index >= 15 is 0 Å². The molecular formula is C14H16N4O3S. The summed E-state index contributed by atoms with van der Waals surface area (Å²) in [5.41, 5.74) is 1.31. The number of rotatable bonds is 2. The lowest BCUT2D eigenvalue weighted by atomic mass is 10.2. The Bertz CT molecular complexity index is 842. The second kappa shape index (κ2) is 5.22. The molecule has 1 amide bonds. The summed E-state index contributed by atoms with van der Waals surface area (Å²) in [6.07, 6.45) is 1.49. The highest BCUT2D eigenvalue weighted by molar-refractivity contribution is 7.89. The third-order valence-electron chi connectivity index (χ3n) is 3.60. The molecule has 0 bridgehead atoms. The van der Waals surface area contributed by atoms with E-state index in [0.29, 0.717) is 17.9 Å². The summed E-state index contributed by atoms with van der Waals surface area (Å²) < 4.78 is 28.1. The average Bonchev–Trinajstić information content (AvgIpc) is 2.87. The van der Waals surface area contributed by atoms with Gasteiger partial charge in [-0.3, -0.25) is 9.36 Å². The molecule has 1 aliphatic heterocycles. The predicted molar refractivity (Wildman–Crippen MR) is 80.2 cm³/mol. The SMILES string of the molecule is CCNC(=O)c1ncn2c1CN(C)S(=O)(=O)c1ccccc1-2. The zero-order valence-electron chi connectivity index (χ0n) is 12.3. The fourth-order valence-corrected chi connectivity index (χ4v) is 3.81. The Morgan fingerprint density at radius 2 is 2.09 bits per heavy atom. The number of nitrogens with zero attached hydrogens (tertiary/aromatic N) is 3. The van der Waals surface area contributed by atoms with Crippen LogP contribution < -0.4 is 5.32 Å². The van der Waals surface area contributed by atoms with Crippen molar-refractivity contribution in [2.75, 3.05) is 13.6 Å². The van der Waals surface area contributed by atoms with Gasteiger partial charge >= 0.3 is 0 Å². The highest BCUT2D eigenvalue weighted by Gasteiger charge is 2.32. The van der Waals surface area contributed by atoms with Crippen molar-refractivity contribution < 1.29 is 13.2 Å². The number of carbonyl (C=O) groups is 1. The number of sulfonamides is 1. The first-order valence-electron chi connectivity index (χ1n) is 6.87. The highest BCUT2D eigenvalue weighted by atomic mass is 32.2. The maximum atomic E-state index is 12.6. The van der Waals surface area contributed by atoms with Gasteiger partial charge in [0.15, 0.2) is 5.69 Å². The van der Waals surface area contributed by atoms with Gasteiger partial charge in [0.2, 0.25) is 10.0 Å². The van der Waals surface area contributed by atoms with E-state index in [-0.39, 0.29) is 23.0 Å². The molecule has 0 saturated heterocycles. The van der Waals surface area contributed by atoms with Crippen LogP contribution in [-0.2, 0) is 16.6 Å². The van der Waals surface area contributed by atoms with E-state index in [1.54, 1.807) is 28.8 Å². The molecule has 0 saturated carbocycles. The molecule has 116 valence electrons. The van der Waals surface area contributed by atoms with Crippen molar-refractivity contribution in [3.8, 4) is 5.69 Å². The average molecular weight is 320 g/mol. The molecule has 22 heavy (non-hydrogen) atoms. The summed E-state index contributed by atoms with van der Waals surface area (Å²) in [7, 11) is -2.10. The molecule has 0 unspecified atom stereocenters. The summed E-state index contributed by atoms with van der Waals surface area (Å²) in [6, 6.07) is 6.70. The smallest absolute Gasteiger partial charge is 0.271 e. The monoisotopic (exact) mass is 320 g/mol. The minimum absolute atomic E-state index is 0.0868. The maximum Gasteiger partial charge on any atom is 0.271 e. The molecule has 0 atom stereocenters. The van der Waals surface area contributed by atoms with Gasteiger partial charge in [-0.25, -0.2) is 13.4 Å². The van der Waals surface area contributed by atoms with Crippen LogP contribution in [-0.4, -0.2) is 41.8 Å². The first-order chi connectivity index (χ1) is 10.5. The number of carbonyl (C=O) groups excluding carboxylic acids is 1. The summed E-state index contributed by atoms with van der Waals surface area (Å²) in [4.78, 5) is 16.5. The summed E-state index contributed by atoms with van der Waals surface area (Å²) >= 11 is 0. The van der Waals surface area contributed by atoms with Gasteiger partial charge in [0, 0.05) is 13.6 Å². The third kappa shape index (κ3) is 2.11. The van der Waals surface area contributed by atoms with Crippen LogP contribution in [0.5, 0.6) is 0 Å². The summed E-state index contributed by atoms with van der Waals surface area (Å²) in [5.74, 6) is -0.304. The number of benzene rings is 1. The number of aromatic nitrogens is 2. The van der Waals surface area contributed by atoms with Crippen molar-refractivity contribution in [3.05, 3.63) is 42.0 Å². The van der Waals surface area contributed by atoms with Gasteiger partial charge in [-0.15, -0.1) is 0 Å². The summed E-state index contributed by atoms with van der Waals surface area (Å²) in [5, 5.41) is 2.70. The Hall–Kier alpha value is -2.19. The Morgan fingerprint density at radius 1 is 1.36 bits per heavy atom. The van der Waals surface area contributed by atoms with Crippen LogP contribution in [0.4, 0.5) is 0 Å². The van der Waals surface area contributed by atoms with Crippen LogP contribution in [0.25, 0.3) is 5.69 Å². The van der Waals surface area contributed by atoms with Crippen LogP contribution in [0.1, 0.15) is 23.1 Å². The van der Waals surface area contributed by atoms with Crippen LogP contribution >= 0.6 is 0 Å². The van der Waals surface area contributed by atoms with Crippen molar-refractivity contribution in [2.24, 2.45) is 0 Å². The molecule has 2 aromatic rings. The molecule has 0 spiro atoms. The summed E-state index contributed by atoms with van der Waals surface area (Å²) in [6.45, 7) is 2.39. The largest absolute Gasteiger partial charge is 0.351 e. The van der Waals surface area contributed by atoms with Crippen molar-refractivity contribution >= 4 is 15.9 Å². The molecular weight excluding hydrogens is 304 g/mol. The molecule has 1 aromatic heterocycles.